The lowest BCUT2D eigenvalue weighted by atomic mass is 10.2. The molecular weight excluding hydrogens is 306 g/mol. The summed E-state index contributed by atoms with van der Waals surface area (Å²) in [5.41, 5.74) is 4.27. The zero-order valence-corrected chi connectivity index (χ0v) is 12.4. The lowest BCUT2D eigenvalue weighted by Crippen LogP contribution is -2.38. The number of rotatable bonds is 3. The molecular formula is C15H11N9. The summed E-state index contributed by atoms with van der Waals surface area (Å²) in [7, 11) is 0. The molecule has 4 heterocycles. The second-order valence-corrected chi connectivity index (χ2v) is 4.66. The molecule has 0 saturated heterocycles. The highest BCUT2D eigenvalue weighted by Gasteiger charge is 2.21. The summed E-state index contributed by atoms with van der Waals surface area (Å²) in [5.74, 6) is 1.38. The quantitative estimate of drug-likeness (QED) is 0.757. The van der Waals surface area contributed by atoms with E-state index in [0.29, 0.717) is 29.0 Å². The third-order valence-corrected chi connectivity index (χ3v) is 3.06. The Morgan fingerprint density at radius 1 is 0.667 bits per heavy atom. The number of allylic oxidation sites excluding steroid dienone is 1. The molecule has 3 aromatic rings. The summed E-state index contributed by atoms with van der Waals surface area (Å²) in [6.07, 6.45) is 11.7. The van der Waals surface area contributed by atoms with E-state index < -0.39 is 0 Å². The van der Waals surface area contributed by atoms with Crippen LogP contribution >= 0.6 is 0 Å². The van der Waals surface area contributed by atoms with Crippen molar-refractivity contribution in [1.82, 2.24) is 35.3 Å². The second-order valence-electron chi connectivity index (χ2n) is 4.66. The Morgan fingerprint density at radius 2 is 1.21 bits per heavy atom. The van der Waals surface area contributed by atoms with Crippen LogP contribution in [0.3, 0.4) is 0 Å². The van der Waals surface area contributed by atoms with Gasteiger partial charge < -0.3 is 0 Å². The van der Waals surface area contributed by atoms with E-state index in [9.17, 15) is 0 Å². The Kier molecular flexibility index (Phi) is 3.57. The molecule has 0 bridgehead atoms. The third kappa shape index (κ3) is 2.77. The van der Waals surface area contributed by atoms with Gasteiger partial charge in [0.15, 0.2) is 11.6 Å². The van der Waals surface area contributed by atoms with Crippen molar-refractivity contribution in [1.29, 1.82) is 0 Å². The van der Waals surface area contributed by atoms with Crippen molar-refractivity contribution in [2.24, 2.45) is 5.10 Å². The highest BCUT2D eigenvalue weighted by Crippen LogP contribution is 2.16. The monoisotopic (exact) mass is 317 g/mol. The maximum absolute atomic E-state index is 4.45. The average Bonchev–Trinajstić information content (AvgIpc) is 2.70. The van der Waals surface area contributed by atoms with Gasteiger partial charge in [-0.3, -0.25) is 5.43 Å². The fourth-order valence-electron chi connectivity index (χ4n) is 2.03. The van der Waals surface area contributed by atoms with Crippen LogP contribution in [0.1, 0.15) is 11.6 Å². The molecule has 24 heavy (non-hydrogen) atoms. The molecule has 116 valence electrons. The number of anilines is 1. The lowest BCUT2D eigenvalue weighted by Gasteiger charge is -2.24. The maximum Gasteiger partial charge on any atom is 0.266 e. The van der Waals surface area contributed by atoms with E-state index >= 15 is 0 Å². The van der Waals surface area contributed by atoms with Crippen molar-refractivity contribution in [2.45, 2.75) is 0 Å². The molecule has 0 radical (unpaired) electrons. The molecule has 4 rings (SSSR count). The molecule has 1 N–H and O–H groups in total. The van der Waals surface area contributed by atoms with Crippen LogP contribution in [-0.4, -0.2) is 35.6 Å². The van der Waals surface area contributed by atoms with Gasteiger partial charge in [0.1, 0.15) is 11.4 Å². The van der Waals surface area contributed by atoms with E-state index in [1.165, 1.54) is 5.12 Å². The minimum absolute atomic E-state index is 0.382. The maximum atomic E-state index is 4.45. The van der Waals surface area contributed by atoms with Gasteiger partial charge in [-0.25, -0.2) is 29.9 Å². The standard InChI is InChI=1S/C15H11N9/c1-4-16-13(17-5-1)11-10-12(14-18-6-2-7-19-14)23-24(22-11)15-20-8-3-9-21-15/h1-10,22H. The molecule has 0 aromatic carbocycles. The fraction of sp³-hybridized carbons (Fsp3) is 0. The highest BCUT2D eigenvalue weighted by molar-refractivity contribution is 6.10. The summed E-state index contributed by atoms with van der Waals surface area (Å²) in [6, 6.07) is 5.23. The van der Waals surface area contributed by atoms with Gasteiger partial charge in [0, 0.05) is 37.2 Å². The van der Waals surface area contributed by atoms with Crippen LogP contribution in [0.4, 0.5) is 5.95 Å². The Bertz CT molecular complexity index is 879. The van der Waals surface area contributed by atoms with Crippen LogP contribution in [0.2, 0.25) is 0 Å². The Labute approximate surface area is 136 Å². The van der Waals surface area contributed by atoms with Crippen molar-refractivity contribution < 1.29 is 0 Å². The van der Waals surface area contributed by atoms with Gasteiger partial charge in [-0.15, -0.1) is 10.2 Å². The van der Waals surface area contributed by atoms with Crippen molar-refractivity contribution in [3.63, 3.8) is 0 Å². The van der Waals surface area contributed by atoms with E-state index in [-0.39, 0.29) is 0 Å². The number of hydrazine groups is 1. The number of nitrogens with one attached hydrogen (secondary N) is 1. The molecule has 0 unspecified atom stereocenters. The first-order valence-corrected chi connectivity index (χ1v) is 7.09. The lowest BCUT2D eigenvalue weighted by molar-refractivity contribution is 0.742. The fourth-order valence-corrected chi connectivity index (χ4v) is 2.03. The van der Waals surface area contributed by atoms with E-state index in [1.807, 2.05) is 0 Å². The van der Waals surface area contributed by atoms with Gasteiger partial charge in [0.2, 0.25) is 0 Å². The molecule has 1 aliphatic heterocycles. The first kappa shape index (κ1) is 13.9. The predicted molar refractivity (Wildman–Crippen MR) is 86.2 cm³/mol. The number of hydrogen-bond donors (Lipinski definition) is 1. The van der Waals surface area contributed by atoms with E-state index in [0.717, 1.165) is 0 Å². The van der Waals surface area contributed by atoms with Gasteiger partial charge in [0.05, 0.1) is 0 Å². The molecule has 0 atom stereocenters. The number of nitrogens with zero attached hydrogens (tertiary/aromatic N) is 8. The normalized spacial score (nSPS) is 13.8. The van der Waals surface area contributed by atoms with Gasteiger partial charge in [-0.05, 0) is 24.3 Å². The molecule has 9 heteroatoms. The smallest absolute Gasteiger partial charge is 0.266 e. The van der Waals surface area contributed by atoms with Crippen molar-refractivity contribution in [2.75, 3.05) is 5.12 Å². The van der Waals surface area contributed by atoms with Crippen LogP contribution in [0.25, 0.3) is 5.70 Å². The number of hydrogen-bond acceptors (Lipinski definition) is 9. The minimum Gasteiger partial charge on any atom is -0.271 e. The van der Waals surface area contributed by atoms with Crippen LogP contribution in [0, 0.1) is 0 Å². The summed E-state index contributed by atoms with van der Waals surface area (Å²) >= 11 is 0. The highest BCUT2D eigenvalue weighted by atomic mass is 15.7. The average molecular weight is 317 g/mol. The molecule has 0 spiro atoms. The zero-order valence-electron chi connectivity index (χ0n) is 12.4. The topological polar surface area (TPSA) is 105 Å². The largest absolute Gasteiger partial charge is 0.271 e. The minimum atomic E-state index is 0.382. The molecule has 0 amide bonds. The van der Waals surface area contributed by atoms with Gasteiger partial charge >= 0.3 is 0 Å². The third-order valence-electron chi connectivity index (χ3n) is 3.06. The molecule has 0 fully saturated rings. The van der Waals surface area contributed by atoms with Crippen molar-refractivity contribution in [3.05, 3.63) is 73.1 Å². The molecule has 1 aliphatic rings. The second kappa shape index (κ2) is 6.16. The molecule has 0 saturated carbocycles. The van der Waals surface area contributed by atoms with Gasteiger partial charge in [-0.2, -0.15) is 0 Å². The zero-order chi connectivity index (χ0) is 16.2. The summed E-state index contributed by atoms with van der Waals surface area (Å²) in [6.45, 7) is 0. The molecule has 9 nitrogen and oxygen atoms in total. The predicted octanol–water partition coefficient (Wildman–Crippen LogP) is 0.827. The van der Waals surface area contributed by atoms with E-state index in [2.05, 4.69) is 40.4 Å². The van der Waals surface area contributed by atoms with E-state index in [4.69, 9.17) is 0 Å². The van der Waals surface area contributed by atoms with Crippen LogP contribution in [0.15, 0.2) is 66.6 Å². The Hall–Kier alpha value is -3.75. The molecule has 3 aromatic heterocycles. The summed E-state index contributed by atoms with van der Waals surface area (Å²) < 4.78 is 0. The number of aromatic nitrogens is 6. The van der Waals surface area contributed by atoms with Crippen molar-refractivity contribution in [3.8, 4) is 0 Å². The Balaban J connectivity index is 1.79. The first-order chi connectivity index (χ1) is 11.9. The summed E-state index contributed by atoms with van der Waals surface area (Å²) in [4.78, 5) is 25.4. The SMILES string of the molecule is C1=C(c2ncccn2)NN(c2ncccn2)N=C1c1ncccn1. The van der Waals surface area contributed by atoms with Crippen molar-refractivity contribution >= 4 is 17.4 Å². The first-order valence-electron chi connectivity index (χ1n) is 7.09. The van der Waals surface area contributed by atoms with Crippen LogP contribution in [0.5, 0.6) is 0 Å². The Morgan fingerprint density at radius 3 is 1.83 bits per heavy atom. The summed E-state index contributed by atoms with van der Waals surface area (Å²) in [5, 5.41) is 5.90. The molecule has 0 aliphatic carbocycles. The van der Waals surface area contributed by atoms with Crippen LogP contribution in [-0.2, 0) is 0 Å². The van der Waals surface area contributed by atoms with Crippen LogP contribution < -0.4 is 10.5 Å². The van der Waals surface area contributed by atoms with E-state index in [1.54, 1.807) is 61.5 Å². The van der Waals surface area contributed by atoms with Gasteiger partial charge in [0.25, 0.3) is 5.95 Å². The van der Waals surface area contributed by atoms with Gasteiger partial charge in [-0.1, -0.05) is 0 Å². The number of hydrazone groups is 1.